The van der Waals surface area contributed by atoms with Crippen LogP contribution in [-0.2, 0) is 16.0 Å². The molecule has 1 heterocycles. The second kappa shape index (κ2) is 6.01. The first-order chi connectivity index (χ1) is 10.6. The quantitative estimate of drug-likeness (QED) is 0.874. The largest absolute Gasteiger partial charge is 0.481 e. The van der Waals surface area contributed by atoms with E-state index in [4.69, 9.17) is 5.11 Å². The summed E-state index contributed by atoms with van der Waals surface area (Å²) in [5.41, 5.74) is 1.86. The molecule has 22 heavy (non-hydrogen) atoms. The minimum absolute atomic E-state index is 0.00283. The van der Waals surface area contributed by atoms with E-state index < -0.39 is 5.97 Å². The number of aromatic nitrogens is 2. The van der Waals surface area contributed by atoms with Crippen molar-refractivity contribution in [1.29, 1.82) is 0 Å². The Morgan fingerprint density at radius 2 is 2.00 bits per heavy atom. The van der Waals surface area contributed by atoms with Crippen molar-refractivity contribution in [1.82, 2.24) is 15.1 Å². The van der Waals surface area contributed by atoms with Gasteiger partial charge in [-0.2, -0.15) is 5.10 Å². The summed E-state index contributed by atoms with van der Waals surface area (Å²) >= 11 is 0. The average Bonchev–Trinajstić information content (AvgIpc) is 2.97. The number of nitrogens with zero attached hydrogens (tertiary/aromatic N) is 2. The lowest BCUT2D eigenvalue weighted by Gasteiger charge is -2.32. The Hall–Kier alpha value is -2.63. The van der Waals surface area contributed by atoms with Crippen LogP contribution in [0.5, 0.6) is 0 Å². The van der Waals surface area contributed by atoms with E-state index >= 15 is 0 Å². The van der Waals surface area contributed by atoms with Gasteiger partial charge in [-0.25, -0.2) is 4.68 Å². The maximum atomic E-state index is 11.9. The van der Waals surface area contributed by atoms with Crippen LogP contribution in [0.4, 0.5) is 0 Å². The lowest BCUT2D eigenvalue weighted by Crippen LogP contribution is -2.47. The first-order valence-corrected chi connectivity index (χ1v) is 7.23. The third kappa shape index (κ3) is 3.16. The van der Waals surface area contributed by atoms with Gasteiger partial charge in [-0.05, 0) is 36.6 Å². The molecule has 1 aliphatic carbocycles. The van der Waals surface area contributed by atoms with Crippen LogP contribution in [0.15, 0.2) is 42.7 Å². The molecular formula is C16H17N3O3. The maximum Gasteiger partial charge on any atom is 0.306 e. The molecule has 2 N–H and O–H groups in total. The first kappa shape index (κ1) is 14.3. The molecule has 1 aliphatic rings. The highest BCUT2D eigenvalue weighted by molar-refractivity contribution is 5.79. The molecule has 1 amide bonds. The van der Waals surface area contributed by atoms with Crippen molar-refractivity contribution in [2.45, 2.75) is 25.3 Å². The Balaban J connectivity index is 1.51. The fraction of sp³-hybridized carbons (Fsp3) is 0.312. The number of carboxylic acids is 1. The number of carbonyl (C=O) groups excluding carboxylic acids is 1. The third-order valence-corrected chi connectivity index (χ3v) is 3.92. The maximum absolute atomic E-state index is 11.9. The van der Waals surface area contributed by atoms with Crippen LogP contribution in [-0.4, -0.2) is 32.8 Å². The number of benzene rings is 1. The van der Waals surface area contributed by atoms with Gasteiger partial charge in [-0.15, -0.1) is 0 Å². The van der Waals surface area contributed by atoms with E-state index in [-0.39, 0.29) is 17.9 Å². The zero-order valence-corrected chi connectivity index (χ0v) is 12.0. The van der Waals surface area contributed by atoms with Crippen molar-refractivity contribution < 1.29 is 14.7 Å². The molecule has 0 unspecified atom stereocenters. The Morgan fingerprint density at radius 1 is 1.27 bits per heavy atom. The average molecular weight is 299 g/mol. The first-order valence-electron chi connectivity index (χ1n) is 7.23. The lowest BCUT2D eigenvalue weighted by atomic mass is 9.80. The molecule has 0 radical (unpaired) electrons. The summed E-state index contributed by atoms with van der Waals surface area (Å²) in [4.78, 5) is 22.6. The van der Waals surface area contributed by atoms with E-state index in [1.165, 1.54) is 0 Å². The number of amides is 1. The molecular weight excluding hydrogens is 282 g/mol. The normalized spacial score (nSPS) is 20.2. The summed E-state index contributed by atoms with van der Waals surface area (Å²) in [5, 5.41) is 15.8. The molecule has 0 atom stereocenters. The van der Waals surface area contributed by atoms with Crippen molar-refractivity contribution in [3.05, 3.63) is 48.3 Å². The van der Waals surface area contributed by atoms with Crippen molar-refractivity contribution in [2.75, 3.05) is 0 Å². The van der Waals surface area contributed by atoms with E-state index in [9.17, 15) is 9.59 Å². The number of aliphatic carboxylic acids is 1. The summed E-state index contributed by atoms with van der Waals surface area (Å²) in [7, 11) is 0. The zero-order valence-electron chi connectivity index (χ0n) is 12.0. The monoisotopic (exact) mass is 299 g/mol. The summed E-state index contributed by atoms with van der Waals surface area (Å²) < 4.78 is 1.75. The molecule has 2 aromatic rings. The van der Waals surface area contributed by atoms with Crippen molar-refractivity contribution in [2.24, 2.45) is 5.92 Å². The molecule has 6 heteroatoms. The van der Waals surface area contributed by atoms with E-state index in [0.717, 1.165) is 11.3 Å². The highest BCUT2D eigenvalue weighted by Crippen LogP contribution is 2.27. The van der Waals surface area contributed by atoms with Gasteiger partial charge in [0.25, 0.3) is 0 Å². The van der Waals surface area contributed by atoms with Crippen LogP contribution in [0.2, 0.25) is 0 Å². The Bertz CT molecular complexity index is 658. The lowest BCUT2D eigenvalue weighted by molar-refractivity contribution is -0.146. The Morgan fingerprint density at radius 3 is 2.59 bits per heavy atom. The standard InChI is InChI=1S/C16H17N3O3/c20-15(18-13-9-12(10-13)16(21)22)8-11-2-4-14(5-3-11)19-7-1-6-17-19/h1-7,12-13H,8-10H2,(H,18,20)(H,21,22). The van der Waals surface area contributed by atoms with E-state index in [1.54, 1.807) is 10.9 Å². The van der Waals surface area contributed by atoms with Gasteiger partial charge >= 0.3 is 5.97 Å². The summed E-state index contributed by atoms with van der Waals surface area (Å²) in [6, 6.07) is 9.48. The molecule has 0 spiro atoms. The van der Waals surface area contributed by atoms with Crippen LogP contribution in [0.25, 0.3) is 5.69 Å². The van der Waals surface area contributed by atoms with E-state index in [0.29, 0.717) is 19.3 Å². The van der Waals surface area contributed by atoms with E-state index in [1.807, 2.05) is 36.5 Å². The minimum atomic E-state index is -0.778. The second-order valence-corrected chi connectivity index (χ2v) is 5.56. The fourth-order valence-electron chi connectivity index (χ4n) is 2.59. The van der Waals surface area contributed by atoms with Gasteiger partial charge in [-0.1, -0.05) is 12.1 Å². The summed E-state index contributed by atoms with van der Waals surface area (Å²) in [5.74, 6) is -1.15. The van der Waals surface area contributed by atoms with Gasteiger partial charge in [0.05, 0.1) is 18.0 Å². The van der Waals surface area contributed by atoms with Gasteiger partial charge in [-0.3, -0.25) is 9.59 Å². The predicted molar refractivity (Wildman–Crippen MR) is 79.6 cm³/mol. The summed E-state index contributed by atoms with van der Waals surface area (Å²) in [6.45, 7) is 0. The molecule has 1 aromatic heterocycles. The second-order valence-electron chi connectivity index (χ2n) is 5.56. The number of hydrogen-bond acceptors (Lipinski definition) is 3. The fourth-order valence-corrected chi connectivity index (χ4v) is 2.59. The predicted octanol–water partition coefficient (Wildman–Crippen LogP) is 1.39. The minimum Gasteiger partial charge on any atom is -0.481 e. The highest BCUT2D eigenvalue weighted by atomic mass is 16.4. The smallest absolute Gasteiger partial charge is 0.306 e. The van der Waals surface area contributed by atoms with Gasteiger partial charge < -0.3 is 10.4 Å². The molecule has 0 saturated heterocycles. The van der Waals surface area contributed by atoms with Gasteiger partial charge in [0, 0.05) is 18.4 Å². The van der Waals surface area contributed by atoms with Crippen LogP contribution in [0, 0.1) is 5.92 Å². The zero-order chi connectivity index (χ0) is 15.5. The van der Waals surface area contributed by atoms with Crippen LogP contribution < -0.4 is 5.32 Å². The highest BCUT2D eigenvalue weighted by Gasteiger charge is 2.35. The van der Waals surface area contributed by atoms with Gasteiger partial charge in [0.1, 0.15) is 0 Å². The van der Waals surface area contributed by atoms with Crippen molar-refractivity contribution in [3.8, 4) is 5.69 Å². The van der Waals surface area contributed by atoms with Crippen LogP contribution in [0.3, 0.4) is 0 Å². The molecule has 114 valence electrons. The molecule has 1 saturated carbocycles. The number of carbonyl (C=O) groups is 2. The number of rotatable bonds is 5. The molecule has 1 aromatic carbocycles. The van der Waals surface area contributed by atoms with Gasteiger partial charge in [0.15, 0.2) is 0 Å². The number of carboxylic acid groups (broad SMARTS) is 1. The molecule has 1 fully saturated rings. The van der Waals surface area contributed by atoms with Crippen LogP contribution in [0.1, 0.15) is 18.4 Å². The van der Waals surface area contributed by atoms with Crippen LogP contribution >= 0.6 is 0 Å². The van der Waals surface area contributed by atoms with E-state index in [2.05, 4.69) is 10.4 Å². The number of hydrogen-bond donors (Lipinski definition) is 2. The molecule has 3 rings (SSSR count). The van der Waals surface area contributed by atoms with Gasteiger partial charge in [0.2, 0.25) is 5.91 Å². The SMILES string of the molecule is O=C(Cc1ccc(-n2cccn2)cc1)NC1CC(C(=O)O)C1. The molecule has 0 bridgehead atoms. The molecule has 0 aliphatic heterocycles. The van der Waals surface area contributed by atoms with Crippen molar-refractivity contribution in [3.63, 3.8) is 0 Å². The third-order valence-electron chi connectivity index (χ3n) is 3.92. The topological polar surface area (TPSA) is 84.2 Å². The summed E-state index contributed by atoms with van der Waals surface area (Å²) in [6.07, 6.45) is 4.92. The Kier molecular flexibility index (Phi) is 3.91. The molecule has 6 nitrogen and oxygen atoms in total. The Labute approximate surface area is 127 Å². The number of nitrogens with one attached hydrogen (secondary N) is 1. The van der Waals surface area contributed by atoms with Crippen molar-refractivity contribution >= 4 is 11.9 Å².